The molecule has 0 unspecified atom stereocenters. The monoisotopic (exact) mass is 498 g/mol. The molecule has 0 bridgehead atoms. The van der Waals surface area contributed by atoms with E-state index >= 15 is 0 Å². The highest BCUT2D eigenvalue weighted by atomic mass is 19.1. The fourth-order valence-electron chi connectivity index (χ4n) is 4.18. The van der Waals surface area contributed by atoms with Gasteiger partial charge in [-0.1, -0.05) is 61.4 Å². The average Bonchev–Trinajstić information content (AvgIpc) is 3.30. The van der Waals surface area contributed by atoms with Crippen molar-refractivity contribution in [3.05, 3.63) is 101 Å². The minimum atomic E-state index is -0.414. The Kier molecular flexibility index (Phi) is 8.13. The Labute approximate surface area is 216 Å². The highest BCUT2D eigenvalue weighted by Crippen LogP contribution is 2.26. The molecule has 1 aromatic heterocycles. The van der Waals surface area contributed by atoms with Gasteiger partial charge in [-0.3, -0.25) is 9.59 Å². The van der Waals surface area contributed by atoms with E-state index in [9.17, 15) is 14.0 Å². The molecule has 1 heterocycles. The number of unbranched alkanes of at least 4 members (excludes halogenated alkanes) is 1. The lowest BCUT2D eigenvalue weighted by Crippen LogP contribution is -2.39. The van der Waals surface area contributed by atoms with Gasteiger partial charge in [0, 0.05) is 23.7 Å². The van der Waals surface area contributed by atoms with E-state index in [-0.39, 0.29) is 18.4 Å². The summed E-state index contributed by atoms with van der Waals surface area (Å²) >= 11 is 0. The molecule has 1 N–H and O–H groups in total. The molecule has 2 amide bonds. The third kappa shape index (κ3) is 6.30. The zero-order valence-electron chi connectivity index (χ0n) is 21.4. The lowest BCUT2D eigenvalue weighted by molar-refractivity contribution is -0.117. The number of aryl methyl sites for hydroxylation is 2. The quantitative estimate of drug-likeness (QED) is 0.300. The molecule has 0 saturated heterocycles. The number of amides is 2. The van der Waals surface area contributed by atoms with Gasteiger partial charge in [0.25, 0.3) is 5.91 Å². The Bertz CT molecular complexity index is 1380. The molecule has 4 rings (SSSR count). The van der Waals surface area contributed by atoms with Crippen LogP contribution in [0, 0.1) is 19.7 Å². The fourth-order valence-corrected chi connectivity index (χ4v) is 4.18. The normalized spacial score (nSPS) is 10.8. The first-order valence-corrected chi connectivity index (χ1v) is 12.4. The molecular formula is C30H31FN4O2. The van der Waals surface area contributed by atoms with E-state index in [0.717, 1.165) is 40.9 Å². The summed E-state index contributed by atoms with van der Waals surface area (Å²) in [6, 6.07) is 23.0. The van der Waals surface area contributed by atoms with Crippen LogP contribution in [0.3, 0.4) is 0 Å². The van der Waals surface area contributed by atoms with E-state index in [1.807, 2.05) is 69.3 Å². The highest BCUT2D eigenvalue weighted by molar-refractivity contribution is 5.99. The molecular weight excluding hydrogens is 467 g/mol. The lowest BCUT2D eigenvalue weighted by Gasteiger charge is -2.22. The van der Waals surface area contributed by atoms with E-state index in [1.165, 1.54) is 29.2 Å². The topological polar surface area (TPSA) is 67.2 Å². The molecule has 0 radical (unpaired) electrons. The standard InChI is InChI=1S/C30H31FN4O2/c1-4-5-17-34(30(37)24-12-14-25(31)15-13-24)20-29(36)32-28-19-26(23-9-7-6-8-10-23)33-35(28)27-16-11-21(2)18-22(27)3/h6-16,18-19H,4-5,17,20H2,1-3H3,(H,32,36). The first-order valence-electron chi connectivity index (χ1n) is 12.4. The molecule has 0 fully saturated rings. The van der Waals surface area contributed by atoms with Crippen LogP contribution in [0.15, 0.2) is 78.9 Å². The second-order valence-corrected chi connectivity index (χ2v) is 9.12. The fraction of sp³-hybridized carbons (Fsp3) is 0.233. The predicted octanol–water partition coefficient (Wildman–Crippen LogP) is 6.18. The number of carbonyl (C=O) groups is 2. The first kappa shape index (κ1) is 25.8. The minimum absolute atomic E-state index is 0.130. The van der Waals surface area contributed by atoms with Gasteiger partial charge in [-0.05, 0) is 56.2 Å². The van der Waals surface area contributed by atoms with E-state index in [2.05, 4.69) is 11.4 Å². The summed E-state index contributed by atoms with van der Waals surface area (Å²) in [5.74, 6) is -0.544. The van der Waals surface area contributed by atoms with Crippen LogP contribution >= 0.6 is 0 Å². The van der Waals surface area contributed by atoms with Crippen molar-refractivity contribution in [2.75, 3.05) is 18.4 Å². The lowest BCUT2D eigenvalue weighted by atomic mass is 10.1. The number of aromatic nitrogens is 2. The van der Waals surface area contributed by atoms with Crippen LogP contribution in [0.5, 0.6) is 0 Å². The maximum absolute atomic E-state index is 13.4. The zero-order valence-corrected chi connectivity index (χ0v) is 21.4. The Hall–Kier alpha value is -4.26. The maximum atomic E-state index is 13.4. The van der Waals surface area contributed by atoms with Crippen LogP contribution in [0.25, 0.3) is 16.9 Å². The van der Waals surface area contributed by atoms with Gasteiger partial charge in [-0.15, -0.1) is 0 Å². The van der Waals surface area contributed by atoms with Crippen molar-refractivity contribution in [1.29, 1.82) is 0 Å². The van der Waals surface area contributed by atoms with Crippen LogP contribution in [0.4, 0.5) is 10.2 Å². The number of benzene rings is 3. The number of anilines is 1. The van der Waals surface area contributed by atoms with Gasteiger partial charge in [0.15, 0.2) is 0 Å². The Morgan fingerprint density at radius 1 is 0.973 bits per heavy atom. The van der Waals surface area contributed by atoms with Gasteiger partial charge in [0.05, 0.1) is 11.4 Å². The van der Waals surface area contributed by atoms with Crippen molar-refractivity contribution < 1.29 is 14.0 Å². The van der Waals surface area contributed by atoms with E-state index in [4.69, 9.17) is 5.10 Å². The van der Waals surface area contributed by atoms with Crippen molar-refractivity contribution in [1.82, 2.24) is 14.7 Å². The summed E-state index contributed by atoms with van der Waals surface area (Å²) in [6.45, 7) is 6.35. The predicted molar refractivity (Wildman–Crippen MR) is 144 cm³/mol. The van der Waals surface area contributed by atoms with Crippen LogP contribution in [-0.4, -0.2) is 39.6 Å². The summed E-state index contributed by atoms with van der Waals surface area (Å²) < 4.78 is 15.1. The Morgan fingerprint density at radius 3 is 2.38 bits per heavy atom. The van der Waals surface area contributed by atoms with Crippen molar-refractivity contribution >= 4 is 17.6 Å². The molecule has 6 nitrogen and oxygen atoms in total. The third-order valence-electron chi connectivity index (χ3n) is 6.12. The highest BCUT2D eigenvalue weighted by Gasteiger charge is 2.21. The van der Waals surface area contributed by atoms with Gasteiger partial charge in [-0.25, -0.2) is 9.07 Å². The second kappa shape index (κ2) is 11.6. The van der Waals surface area contributed by atoms with Crippen molar-refractivity contribution in [3.63, 3.8) is 0 Å². The summed E-state index contributed by atoms with van der Waals surface area (Å²) in [5, 5.41) is 7.77. The van der Waals surface area contributed by atoms with Gasteiger partial charge < -0.3 is 10.2 Å². The molecule has 0 atom stereocenters. The molecule has 190 valence electrons. The molecule has 0 saturated carbocycles. The minimum Gasteiger partial charge on any atom is -0.329 e. The van der Waals surface area contributed by atoms with Gasteiger partial charge >= 0.3 is 0 Å². The van der Waals surface area contributed by atoms with Crippen LogP contribution in [-0.2, 0) is 4.79 Å². The van der Waals surface area contributed by atoms with E-state index in [0.29, 0.717) is 17.9 Å². The number of hydrogen-bond donors (Lipinski definition) is 1. The maximum Gasteiger partial charge on any atom is 0.254 e. The van der Waals surface area contributed by atoms with Crippen LogP contribution < -0.4 is 5.32 Å². The van der Waals surface area contributed by atoms with E-state index < -0.39 is 5.82 Å². The van der Waals surface area contributed by atoms with Gasteiger partial charge in [-0.2, -0.15) is 5.10 Å². The zero-order chi connectivity index (χ0) is 26.4. The van der Waals surface area contributed by atoms with Crippen molar-refractivity contribution in [2.45, 2.75) is 33.6 Å². The molecule has 0 aliphatic heterocycles. The number of nitrogens with one attached hydrogen (secondary N) is 1. The molecule has 7 heteroatoms. The molecule has 37 heavy (non-hydrogen) atoms. The number of carbonyl (C=O) groups excluding carboxylic acids is 2. The van der Waals surface area contributed by atoms with Crippen LogP contribution in [0.2, 0.25) is 0 Å². The average molecular weight is 499 g/mol. The third-order valence-corrected chi connectivity index (χ3v) is 6.12. The summed E-state index contributed by atoms with van der Waals surface area (Å²) in [5.41, 5.74) is 5.01. The SMILES string of the molecule is CCCCN(CC(=O)Nc1cc(-c2ccccc2)nn1-c1ccc(C)cc1C)C(=O)c1ccc(F)cc1. The van der Waals surface area contributed by atoms with Crippen molar-refractivity contribution in [3.8, 4) is 16.9 Å². The first-order chi connectivity index (χ1) is 17.9. The number of halogens is 1. The molecule has 0 aliphatic rings. The number of nitrogens with zero attached hydrogens (tertiary/aromatic N) is 3. The Balaban J connectivity index is 1.62. The largest absolute Gasteiger partial charge is 0.329 e. The van der Waals surface area contributed by atoms with Crippen LogP contribution in [0.1, 0.15) is 41.3 Å². The second-order valence-electron chi connectivity index (χ2n) is 9.12. The number of rotatable bonds is 9. The molecule has 4 aromatic rings. The summed E-state index contributed by atoms with van der Waals surface area (Å²) in [6.07, 6.45) is 1.62. The van der Waals surface area contributed by atoms with Gasteiger partial charge in [0.2, 0.25) is 5.91 Å². The van der Waals surface area contributed by atoms with E-state index in [1.54, 1.807) is 4.68 Å². The smallest absolute Gasteiger partial charge is 0.254 e. The molecule has 0 spiro atoms. The summed E-state index contributed by atoms with van der Waals surface area (Å²) in [4.78, 5) is 27.9. The molecule has 0 aliphatic carbocycles. The van der Waals surface area contributed by atoms with Crippen molar-refractivity contribution in [2.24, 2.45) is 0 Å². The van der Waals surface area contributed by atoms with Gasteiger partial charge in [0.1, 0.15) is 18.2 Å². The number of hydrogen-bond acceptors (Lipinski definition) is 3. The molecule has 3 aromatic carbocycles. The summed E-state index contributed by atoms with van der Waals surface area (Å²) in [7, 11) is 0. The Morgan fingerprint density at radius 2 is 1.70 bits per heavy atom.